The van der Waals surface area contributed by atoms with E-state index in [1.807, 2.05) is 6.92 Å². The van der Waals surface area contributed by atoms with Crippen molar-refractivity contribution in [2.45, 2.75) is 43.5 Å². The minimum atomic E-state index is -3.60. The standard InChI is InChI=1S/C23H25N3O5S2/c1-3-17-6-4-5-13-26(17)33(29,30)18-10-7-15(8-11-18)21(27)25-23-24-19-12-9-16(22(28)31-2)14-20(19)32-23/h7-12,14,17H,3-6,13H2,1-2H3,(H,24,25,27). The average Bonchev–Trinajstić information content (AvgIpc) is 3.24. The van der Waals surface area contributed by atoms with E-state index in [1.165, 1.54) is 42.7 Å². The lowest BCUT2D eigenvalue weighted by atomic mass is 10.0. The van der Waals surface area contributed by atoms with E-state index in [9.17, 15) is 18.0 Å². The summed E-state index contributed by atoms with van der Waals surface area (Å²) in [6.45, 7) is 2.53. The summed E-state index contributed by atoms with van der Waals surface area (Å²) in [5, 5.41) is 3.12. The molecule has 0 spiro atoms. The fraction of sp³-hybridized carbons (Fsp3) is 0.348. The normalized spacial score (nSPS) is 17.1. The maximum absolute atomic E-state index is 13.1. The van der Waals surface area contributed by atoms with Crippen molar-refractivity contribution in [3.63, 3.8) is 0 Å². The Morgan fingerprint density at radius 2 is 1.88 bits per heavy atom. The van der Waals surface area contributed by atoms with E-state index >= 15 is 0 Å². The quantitative estimate of drug-likeness (QED) is 0.520. The molecule has 1 amide bonds. The van der Waals surface area contributed by atoms with Gasteiger partial charge in [0, 0.05) is 18.2 Å². The molecular formula is C23H25N3O5S2. The molecule has 174 valence electrons. The Hall–Kier alpha value is -2.82. The number of thiazole rings is 1. The van der Waals surface area contributed by atoms with Crippen LogP contribution in [-0.4, -0.2) is 49.3 Å². The molecule has 0 saturated carbocycles. The highest BCUT2D eigenvalue weighted by molar-refractivity contribution is 7.89. The van der Waals surface area contributed by atoms with E-state index in [-0.39, 0.29) is 10.9 Å². The van der Waals surface area contributed by atoms with Crippen molar-refractivity contribution < 1.29 is 22.7 Å². The Bertz CT molecular complexity index is 1290. The number of ether oxygens (including phenoxy) is 1. The number of nitrogens with one attached hydrogen (secondary N) is 1. The number of methoxy groups -OCH3 is 1. The van der Waals surface area contributed by atoms with Crippen molar-refractivity contribution in [2.24, 2.45) is 0 Å². The molecule has 1 fully saturated rings. The number of rotatable bonds is 6. The maximum Gasteiger partial charge on any atom is 0.337 e. The van der Waals surface area contributed by atoms with Gasteiger partial charge >= 0.3 is 5.97 Å². The Morgan fingerprint density at radius 3 is 2.58 bits per heavy atom. The highest BCUT2D eigenvalue weighted by Crippen LogP contribution is 2.29. The van der Waals surface area contributed by atoms with E-state index in [2.05, 4.69) is 10.3 Å². The molecular weight excluding hydrogens is 462 g/mol. The first-order chi connectivity index (χ1) is 15.8. The van der Waals surface area contributed by atoms with E-state index in [0.717, 1.165) is 30.4 Å². The number of piperidine rings is 1. The van der Waals surface area contributed by atoms with E-state index in [1.54, 1.807) is 22.5 Å². The van der Waals surface area contributed by atoms with Gasteiger partial charge in [0.15, 0.2) is 5.13 Å². The van der Waals surface area contributed by atoms with Gasteiger partial charge in [-0.05, 0) is 61.7 Å². The Balaban J connectivity index is 1.50. The van der Waals surface area contributed by atoms with Gasteiger partial charge in [0.25, 0.3) is 5.91 Å². The molecule has 1 atom stereocenters. The lowest BCUT2D eigenvalue weighted by Gasteiger charge is -2.34. The molecule has 3 aromatic rings. The minimum Gasteiger partial charge on any atom is -0.465 e. The van der Waals surface area contributed by atoms with E-state index in [4.69, 9.17) is 4.74 Å². The van der Waals surface area contributed by atoms with Crippen molar-refractivity contribution in [1.29, 1.82) is 0 Å². The maximum atomic E-state index is 13.1. The highest BCUT2D eigenvalue weighted by Gasteiger charge is 2.32. The summed E-state index contributed by atoms with van der Waals surface area (Å²) in [5.41, 5.74) is 1.38. The number of aromatic nitrogens is 1. The number of fused-ring (bicyclic) bond motifs is 1. The first kappa shape index (κ1) is 23.3. The van der Waals surface area contributed by atoms with Crippen LogP contribution in [-0.2, 0) is 14.8 Å². The second-order valence-corrected chi connectivity index (χ2v) is 10.8. The van der Waals surface area contributed by atoms with Crippen LogP contribution in [0.5, 0.6) is 0 Å². The van der Waals surface area contributed by atoms with Crippen LogP contribution in [0, 0.1) is 0 Å². The number of hydrogen-bond acceptors (Lipinski definition) is 7. The number of anilines is 1. The fourth-order valence-electron chi connectivity index (χ4n) is 4.00. The fourth-order valence-corrected chi connectivity index (χ4v) is 6.67. The largest absolute Gasteiger partial charge is 0.465 e. The average molecular weight is 488 g/mol. The van der Waals surface area contributed by atoms with E-state index in [0.29, 0.717) is 28.3 Å². The zero-order valence-electron chi connectivity index (χ0n) is 18.4. The van der Waals surface area contributed by atoms with Crippen LogP contribution in [0.1, 0.15) is 53.3 Å². The smallest absolute Gasteiger partial charge is 0.337 e. The van der Waals surface area contributed by atoms with Gasteiger partial charge in [-0.25, -0.2) is 18.2 Å². The first-order valence-corrected chi connectivity index (χ1v) is 13.0. The molecule has 0 radical (unpaired) electrons. The lowest BCUT2D eigenvalue weighted by molar-refractivity contribution is 0.0600. The summed E-state index contributed by atoms with van der Waals surface area (Å²) in [4.78, 5) is 29.0. The number of nitrogens with zero attached hydrogens (tertiary/aromatic N) is 2. The number of hydrogen-bond donors (Lipinski definition) is 1. The van der Waals surface area contributed by atoms with Crippen molar-refractivity contribution in [2.75, 3.05) is 19.0 Å². The van der Waals surface area contributed by atoms with Crippen LogP contribution in [0.15, 0.2) is 47.4 Å². The predicted octanol–water partition coefficient (Wildman–Crippen LogP) is 4.29. The molecule has 0 bridgehead atoms. The number of amides is 1. The molecule has 1 aliphatic rings. The van der Waals surface area contributed by atoms with Gasteiger partial charge in [-0.15, -0.1) is 0 Å². The zero-order valence-corrected chi connectivity index (χ0v) is 20.0. The summed E-state index contributed by atoms with van der Waals surface area (Å²) in [6.07, 6.45) is 3.56. The van der Waals surface area contributed by atoms with Gasteiger partial charge in [0.2, 0.25) is 10.0 Å². The van der Waals surface area contributed by atoms with E-state index < -0.39 is 21.9 Å². The van der Waals surface area contributed by atoms with Gasteiger partial charge < -0.3 is 4.74 Å². The van der Waals surface area contributed by atoms with Gasteiger partial charge in [-0.2, -0.15) is 4.31 Å². The van der Waals surface area contributed by atoms with Gasteiger partial charge in [-0.3, -0.25) is 10.1 Å². The van der Waals surface area contributed by atoms with Crippen LogP contribution in [0.2, 0.25) is 0 Å². The summed E-state index contributed by atoms with van der Waals surface area (Å²) in [6, 6.07) is 11.0. The van der Waals surface area contributed by atoms with Crippen molar-refractivity contribution in [1.82, 2.24) is 9.29 Å². The number of esters is 1. The minimum absolute atomic E-state index is 0.0189. The molecule has 0 aliphatic carbocycles. The Morgan fingerprint density at radius 1 is 1.15 bits per heavy atom. The second-order valence-electron chi connectivity index (χ2n) is 7.85. The summed E-state index contributed by atoms with van der Waals surface area (Å²) < 4.78 is 33.3. The van der Waals surface area contributed by atoms with Crippen molar-refractivity contribution in [3.05, 3.63) is 53.6 Å². The monoisotopic (exact) mass is 487 g/mol. The molecule has 33 heavy (non-hydrogen) atoms. The molecule has 2 aromatic carbocycles. The number of sulfonamides is 1. The van der Waals surface area contributed by atoms with Gasteiger partial charge in [0.1, 0.15) is 0 Å². The molecule has 1 aromatic heterocycles. The Labute approximate surface area is 196 Å². The predicted molar refractivity (Wildman–Crippen MR) is 127 cm³/mol. The number of benzene rings is 2. The third-order valence-corrected chi connectivity index (χ3v) is 8.70. The van der Waals surface area contributed by atoms with Crippen molar-refractivity contribution in [3.8, 4) is 0 Å². The highest BCUT2D eigenvalue weighted by atomic mass is 32.2. The molecule has 1 N–H and O–H groups in total. The number of carbonyl (C=O) groups is 2. The molecule has 1 aliphatic heterocycles. The first-order valence-electron chi connectivity index (χ1n) is 10.8. The summed E-state index contributed by atoms with van der Waals surface area (Å²) >= 11 is 1.24. The van der Waals surface area contributed by atoms with Crippen LogP contribution in [0.3, 0.4) is 0 Å². The zero-order chi connectivity index (χ0) is 23.6. The lowest BCUT2D eigenvalue weighted by Crippen LogP contribution is -2.43. The van der Waals surface area contributed by atoms with Crippen LogP contribution in [0.4, 0.5) is 5.13 Å². The van der Waals surface area contributed by atoms with Crippen LogP contribution in [0.25, 0.3) is 10.2 Å². The molecule has 4 rings (SSSR count). The topological polar surface area (TPSA) is 106 Å². The third-order valence-electron chi connectivity index (χ3n) is 5.80. The molecule has 2 heterocycles. The molecule has 1 unspecified atom stereocenters. The molecule has 10 heteroatoms. The molecule has 8 nitrogen and oxygen atoms in total. The second kappa shape index (κ2) is 9.58. The SMILES string of the molecule is CCC1CCCCN1S(=O)(=O)c1ccc(C(=O)Nc2nc3ccc(C(=O)OC)cc3s2)cc1. The Kier molecular flexibility index (Phi) is 6.78. The van der Waals surface area contributed by atoms with Gasteiger partial charge in [0.05, 0.1) is 27.8 Å². The summed E-state index contributed by atoms with van der Waals surface area (Å²) in [5.74, 6) is -0.837. The number of carbonyl (C=O) groups excluding carboxylic acids is 2. The van der Waals surface area contributed by atoms with Crippen molar-refractivity contribution >= 4 is 48.6 Å². The van der Waals surface area contributed by atoms with Crippen LogP contribution >= 0.6 is 11.3 Å². The third kappa shape index (κ3) is 4.78. The van der Waals surface area contributed by atoms with Crippen LogP contribution < -0.4 is 5.32 Å². The van der Waals surface area contributed by atoms with Gasteiger partial charge in [-0.1, -0.05) is 24.7 Å². The molecule has 1 saturated heterocycles. The summed E-state index contributed by atoms with van der Waals surface area (Å²) in [7, 11) is -2.29.